The molecule has 0 spiro atoms. The van der Waals surface area contributed by atoms with Crippen molar-refractivity contribution in [3.63, 3.8) is 0 Å². The molecule has 1 aromatic heterocycles. The summed E-state index contributed by atoms with van der Waals surface area (Å²) in [6.07, 6.45) is 5.20. The van der Waals surface area contributed by atoms with Gasteiger partial charge >= 0.3 is 0 Å². The Morgan fingerprint density at radius 1 is 1.24 bits per heavy atom. The minimum atomic E-state index is -0.349. The summed E-state index contributed by atoms with van der Waals surface area (Å²) in [4.78, 5) is 8.89. The molecule has 0 atom stereocenters. The number of hydrogen-bond acceptors (Lipinski definition) is 4. The summed E-state index contributed by atoms with van der Waals surface area (Å²) < 4.78 is 24.8. The third-order valence-corrected chi connectivity index (χ3v) is 4.42. The van der Waals surface area contributed by atoms with E-state index in [1.807, 2.05) is 19.1 Å². The van der Waals surface area contributed by atoms with Gasteiger partial charge in [-0.25, -0.2) is 14.4 Å². The largest absolute Gasteiger partial charge is 0.439 e. The van der Waals surface area contributed by atoms with Crippen LogP contribution < -0.4 is 15.4 Å². The average Bonchev–Trinajstić information content (AvgIpc) is 3.54. The molecule has 1 aromatic carbocycles. The maximum absolute atomic E-state index is 13.4. The maximum atomic E-state index is 13.4. The number of aliphatic imine (C=N–C) groups is 1. The van der Waals surface area contributed by atoms with E-state index in [0.29, 0.717) is 18.2 Å². The zero-order valence-corrected chi connectivity index (χ0v) is 16.9. The van der Waals surface area contributed by atoms with Crippen LogP contribution in [0.2, 0.25) is 0 Å². The average molecular weight is 400 g/mol. The van der Waals surface area contributed by atoms with Crippen LogP contribution in [0.25, 0.3) is 0 Å². The van der Waals surface area contributed by atoms with Gasteiger partial charge in [0, 0.05) is 44.1 Å². The van der Waals surface area contributed by atoms with Gasteiger partial charge in [0.05, 0.1) is 6.54 Å². The molecular formula is C22H29FN4O2. The van der Waals surface area contributed by atoms with Crippen molar-refractivity contribution >= 4 is 5.96 Å². The van der Waals surface area contributed by atoms with E-state index in [2.05, 4.69) is 20.6 Å². The Bertz CT molecular complexity index is 796. The standard InChI is InChI=1S/C22H29FN4O2/c1-2-24-22(26-12-5-13-28-16-17-9-10-17)27-15-18-6-4-11-25-21(18)29-20-8-3-7-19(23)14-20/h3-4,6-8,11,14,17H,2,5,9-10,12-13,15-16H2,1H3,(H2,24,26,27). The summed E-state index contributed by atoms with van der Waals surface area (Å²) in [5.74, 6) is 2.01. The molecule has 0 amide bonds. The van der Waals surface area contributed by atoms with Crippen LogP contribution in [0, 0.1) is 11.7 Å². The number of nitrogens with one attached hydrogen (secondary N) is 2. The highest BCUT2D eigenvalue weighted by molar-refractivity contribution is 5.79. The molecule has 7 heteroatoms. The Labute approximate surface area is 171 Å². The second-order valence-electron chi connectivity index (χ2n) is 7.02. The Kier molecular flexibility index (Phi) is 8.25. The summed E-state index contributed by atoms with van der Waals surface area (Å²) in [5.41, 5.74) is 0.821. The Balaban J connectivity index is 1.52. The molecule has 0 radical (unpaired) electrons. The minimum absolute atomic E-state index is 0.349. The molecule has 1 aliphatic rings. The van der Waals surface area contributed by atoms with Gasteiger partial charge in [-0.3, -0.25) is 0 Å². The second-order valence-corrected chi connectivity index (χ2v) is 7.02. The molecule has 0 aliphatic heterocycles. The highest BCUT2D eigenvalue weighted by atomic mass is 19.1. The summed E-state index contributed by atoms with van der Waals surface area (Å²) in [6, 6.07) is 9.75. The van der Waals surface area contributed by atoms with Crippen molar-refractivity contribution < 1.29 is 13.9 Å². The second kappa shape index (κ2) is 11.4. The van der Waals surface area contributed by atoms with Gasteiger partial charge in [-0.2, -0.15) is 0 Å². The molecule has 2 aromatic rings. The molecule has 156 valence electrons. The number of ether oxygens (including phenoxy) is 2. The predicted octanol–water partition coefficient (Wildman–Crippen LogP) is 3.88. The van der Waals surface area contributed by atoms with Crippen LogP contribution in [-0.4, -0.2) is 37.2 Å². The summed E-state index contributed by atoms with van der Waals surface area (Å²) in [7, 11) is 0. The molecule has 29 heavy (non-hydrogen) atoms. The lowest BCUT2D eigenvalue weighted by Crippen LogP contribution is -2.38. The summed E-state index contributed by atoms with van der Waals surface area (Å²) in [6.45, 7) is 5.63. The van der Waals surface area contributed by atoms with Crippen molar-refractivity contribution in [2.24, 2.45) is 10.9 Å². The Hall–Kier alpha value is -2.67. The molecule has 0 unspecified atom stereocenters. The maximum Gasteiger partial charge on any atom is 0.224 e. The van der Waals surface area contributed by atoms with Gasteiger partial charge < -0.3 is 20.1 Å². The quantitative estimate of drug-likeness (QED) is 0.340. The van der Waals surface area contributed by atoms with E-state index in [1.165, 1.54) is 25.0 Å². The first-order valence-corrected chi connectivity index (χ1v) is 10.2. The molecule has 1 saturated carbocycles. The van der Waals surface area contributed by atoms with Gasteiger partial charge in [-0.1, -0.05) is 12.1 Å². The first kappa shape index (κ1) is 21.0. The SMILES string of the molecule is CCNC(=NCc1cccnc1Oc1cccc(F)c1)NCCCOCC1CC1. The third kappa shape index (κ3) is 7.69. The van der Waals surface area contributed by atoms with Crippen LogP contribution >= 0.6 is 0 Å². The van der Waals surface area contributed by atoms with E-state index < -0.39 is 0 Å². The van der Waals surface area contributed by atoms with E-state index >= 15 is 0 Å². The number of benzene rings is 1. The molecule has 0 bridgehead atoms. The molecule has 1 aliphatic carbocycles. The van der Waals surface area contributed by atoms with Crippen molar-refractivity contribution in [3.8, 4) is 11.6 Å². The van der Waals surface area contributed by atoms with Gasteiger partial charge in [-0.05, 0) is 50.3 Å². The van der Waals surface area contributed by atoms with Crippen LogP contribution in [0.1, 0.15) is 31.7 Å². The molecule has 6 nitrogen and oxygen atoms in total. The number of aromatic nitrogens is 1. The van der Waals surface area contributed by atoms with Crippen LogP contribution in [0.3, 0.4) is 0 Å². The van der Waals surface area contributed by atoms with Crippen LogP contribution in [0.4, 0.5) is 4.39 Å². The molecular weight excluding hydrogens is 371 g/mol. The monoisotopic (exact) mass is 400 g/mol. The van der Waals surface area contributed by atoms with E-state index in [9.17, 15) is 4.39 Å². The topological polar surface area (TPSA) is 67.8 Å². The highest BCUT2D eigenvalue weighted by Crippen LogP contribution is 2.28. The van der Waals surface area contributed by atoms with E-state index in [1.54, 1.807) is 18.3 Å². The fraction of sp³-hybridized carbons (Fsp3) is 0.455. The fourth-order valence-corrected chi connectivity index (χ4v) is 2.70. The van der Waals surface area contributed by atoms with Crippen LogP contribution in [-0.2, 0) is 11.3 Å². The van der Waals surface area contributed by atoms with Crippen LogP contribution in [0.15, 0.2) is 47.6 Å². The molecule has 0 saturated heterocycles. The molecule has 2 N–H and O–H groups in total. The van der Waals surface area contributed by atoms with Gasteiger partial charge in [0.1, 0.15) is 11.6 Å². The van der Waals surface area contributed by atoms with Gasteiger partial charge in [0.15, 0.2) is 5.96 Å². The first-order valence-electron chi connectivity index (χ1n) is 10.2. The summed E-state index contributed by atoms with van der Waals surface area (Å²) in [5, 5.41) is 6.56. The lowest BCUT2D eigenvalue weighted by Gasteiger charge is -2.12. The van der Waals surface area contributed by atoms with Gasteiger partial charge in [0.25, 0.3) is 0 Å². The molecule has 3 rings (SSSR count). The Morgan fingerprint density at radius 3 is 2.93 bits per heavy atom. The normalized spacial score (nSPS) is 13.9. The number of pyridine rings is 1. The number of hydrogen-bond donors (Lipinski definition) is 2. The Morgan fingerprint density at radius 2 is 2.14 bits per heavy atom. The van der Waals surface area contributed by atoms with Gasteiger partial charge in [0.2, 0.25) is 5.88 Å². The van der Waals surface area contributed by atoms with Gasteiger partial charge in [-0.15, -0.1) is 0 Å². The first-order chi connectivity index (χ1) is 14.2. The number of nitrogens with zero attached hydrogens (tertiary/aromatic N) is 2. The number of halogens is 1. The van der Waals surface area contributed by atoms with E-state index in [0.717, 1.165) is 50.2 Å². The third-order valence-electron chi connectivity index (χ3n) is 4.42. The minimum Gasteiger partial charge on any atom is -0.439 e. The van der Waals surface area contributed by atoms with E-state index in [-0.39, 0.29) is 5.82 Å². The van der Waals surface area contributed by atoms with Crippen molar-refractivity contribution in [1.29, 1.82) is 0 Å². The van der Waals surface area contributed by atoms with Crippen molar-refractivity contribution in [2.45, 2.75) is 32.7 Å². The van der Waals surface area contributed by atoms with Crippen molar-refractivity contribution in [1.82, 2.24) is 15.6 Å². The lowest BCUT2D eigenvalue weighted by molar-refractivity contribution is 0.123. The fourth-order valence-electron chi connectivity index (χ4n) is 2.70. The molecule has 1 heterocycles. The molecule has 1 fully saturated rings. The number of guanidine groups is 1. The van der Waals surface area contributed by atoms with Crippen molar-refractivity contribution in [2.75, 3.05) is 26.3 Å². The smallest absolute Gasteiger partial charge is 0.224 e. The lowest BCUT2D eigenvalue weighted by atomic mass is 10.2. The van der Waals surface area contributed by atoms with E-state index in [4.69, 9.17) is 9.47 Å². The predicted molar refractivity (Wildman–Crippen MR) is 112 cm³/mol. The highest BCUT2D eigenvalue weighted by Gasteiger charge is 2.20. The zero-order chi connectivity index (χ0) is 20.3. The number of rotatable bonds is 11. The van der Waals surface area contributed by atoms with Crippen LogP contribution in [0.5, 0.6) is 11.6 Å². The zero-order valence-electron chi connectivity index (χ0n) is 16.9. The van der Waals surface area contributed by atoms with Crippen molar-refractivity contribution in [3.05, 3.63) is 54.0 Å². The summed E-state index contributed by atoms with van der Waals surface area (Å²) >= 11 is 0.